The molecule has 1 aliphatic carbocycles. The van der Waals surface area contributed by atoms with E-state index in [1.165, 1.54) is 22.5 Å². The number of amides is 2. The smallest absolute Gasteiger partial charge is 0.294 e. The summed E-state index contributed by atoms with van der Waals surface area (Å²) in [4.78, 5) is 26.6. The maximum absolute atomic E-state index is 12.1. The van der Waals surface area contributed by atoms with Gasteiger partial charge in [0.2, 0.25) is 5.91 Å². The lowest BCUT2D eigenvalue weighted by molar-refractivity contribution is -0.117. The molecule has 132 valence electrons. The first-order valence-corrected chi connectivity index (χ1v) is 8.45. The number of anilines is 1. The second-order valence-electron chi connectivity index (χ2n) is 6.55. The fourth-order valence-corrected chi connectivity index (χ4v) is 2.98. The first kappa shape index (κ1) is 17.1. The summed E-state index contributed by atoms with van der Waals surface area (Å²) < 4.78 is 0. The lowest BCUT2D eigenvalue weighted by Gasteiger charge is -2.10. The minimum absolute atomic E-state index is 0.0407. The van der Waals surface area contributed by atoms with Crippen molar-refractivity contribution in [1.29, 1.82) is 0 Å². The molecule has 1 fully saturated rings. The van der Waals surface area contributed by atoms with E-state index in [9.17, 15) is 9.59 Å². The Hall–Kier alpha value is -2.77. The number of benzene rings is 1. The molecule has 1 aromatic carbocycles. The highest BCUT2D eigenvalue weighted by Crippen LogP contribution is 2.27. The van der Waals surface area contributed by atoms with Gasteiger partial charge in [0.25, 0.3) is 11.7 Å². The van der Waals surface area contributed by atoms with Crippen LogP contribution in [0.1, 0.15) is 42.7 Å². The minimum atomic E-state index is -0.304. The summed E-state index contributed by atoms with van der Waals surface area (Å²) >= 11 is 0. The van der Waals surface area contributed by atoms with Gasteiger partial charge >= 0.3 is 0 Å². The molecule has 1 N–H and O–H groups in total. The Morgan fingerprint density at radius 3 is 2.52 bits per heavy atom. The minimum Gasteiger partial charge on any atom is -0.342 e. The second kappa shape index (κ2) is 7.42. The number of nitrogens with zero attached hydrogens (tertiary/aromatic N) is 5. The fraction of sp³-hybridized carbons (Fsp3) is 0.471. The summed E-state index contributed by atoms with van der Waals surface area (Å²) in [7, 11) is 3.26. The number of carbonyl (C=O) groups excluding carboxylic acids is 2. The van der Waals surface area contributed by atoms with Gasteiger partial charge in [-0.25, -0.2) is 0 Å². The van der Waals surface area contributed by atoms with Crippen LogP contribution in [0, 0.1) is 5.92 Å². The van der Waals surface area contributed by atoms with E-state index in [0.29, 0.717) is 18.0 Å². The summed E-state index contributed by atoms with van der Waals surface area (Å²) in [6.07, 6.45) is 5.35. The molecule has 8 nitrogen and oxygen atoms in total. The van der Waals surface area contributed by atoms with Gasteiger partial charge in [-0.1, -0.05) is 12.8 Å². The van der Waals surface area contributed by atoms with E-state index in [2.05, 4.69) is 20.7 Å². The third kappa shape index (κ3) is 4.20. The molecule has 0 radical (unpaired) electrons. The summed E-state index contributed by atoms with van der Waals surface area (Å²) in [6.45, 7) is 0. The third-order valence-corrected chi connectivity index (χ3v) is 4.34. The predicted molar refractivity (Wildman–Crippen MR) is 92.4 cm³/mol. The first-order chi connectivity index (χ1) is 12.0. The molecule has 1 saturated carbocycles. The van der Waals surface area contributed by atoms with Gasteiger partial charge in [-0.3, -0.25) is 9.59 Å². The van der Waals surface area contributed by atoms with Crippen molar-refractivity contribution in [3.63, 3.8) is 0 Å². The van der Waals surface area contributed by atoms with E-state index in [1.54, 1.807) is 38.4 Å². The number of tetrazole rings is 1. The monoisotopic (exact) mass is 342 g/mol. The average Bonchev–Trinajstić information content (AvgIpc) is 3.26. The highest BCUT2D eigenvalue weighted by atomic mass is 16.2. The Kier molecular flexibility index (Phi) is 5.06. The maximum atomic E-state index is 12.1. The van der Waals surface area contributed by atoms with Crippen molar-refractivity contribution in [3.8, 4) is 5.69 Å². The average molecular weight is 342 g/mol. The summed E-state index contributed by atoms with van der Waals surface area (Å²) in [6, 6.07) is 7.13. The molecule has 0 saturated heterocycles. The topological polar surface area (TPSA) is 93.0 Å². The predicted octanol–water partition coefficient (Wildman–Crippen LogP) is 1.88. The van der Waals surface area contributed by atoms with Crippen molar-refractivity contribution in [2.24, 2.45) is 5.92 Å². The van der Waals surface area contributed by atoms with Crippen LogP contribution in [0.5, 0.6) is 0 Å². The Morgan fingerprint density at radius 2 is 1.88 bits per heavy atom. The molecule has 25 heavy (non-hydrogen) atoms. The molecule has 0 unspecified atom stereocenters. The van der Waals surface area contributed by atoms with E-state index >= 15 is 0 Å². The van der Waals surface area contributed by atoms with Crippen molar-refractivity contribution in [2.75, 3.05) is 19.4 Å². The van der Waals surface area contributed by atoms with Crippen LogP contribution in [0.15, 0.2) is 24.3 Å². The number of nitrogens with one attached hydrogen (secondary N) is 1. The van der Waals surface area contributed by atoms with Gasteiger partial charge in [0, 0.05) is 26.2 Å². The Bertz CT molecular complexity index is 747. The highest BCUT2D eigenvalue weighted by Gasteiger charge is 2.18. The van der Waals surface area contributed by atoms with Gasteiger partial charge in [-0.15, -0.1) is 15.0 Å². The SMILES string of the molecule is CN(C)C(=O)c1nnn(-c2ccc(NC(=O)CC3CCCC3)cc2)n1. The quantitative estimate of drug-likeness (QED) is 0.895. The van der Waals surface area contributed by atoms with E-state index in [4.69, 9.17) is 0 Å². The Morgan fingerprint density at radius 1 is 1.20 bits per heavy atom. The summed E-state index contributed by atoms with van der Waals surface area (Å²) in [5.41, 5.74) is 1.40. The van der Waals surface area contributed by atoms with Gasteiger partial charge < -0.3 is 10.2 Å². The first-order valence-electron chi connectivity index (χ1n) is 8.45. The maximum Gasteiger partial charge on any atom is 0.294 e. The lowest BCUT2D eigenvalue weighted by Crippen LogP contribution is -2.23. The zero-order valence-electron chi connectivity index (χ0n) is 14.5. The van der Waals surface area contributed by atoms with Crippen molar-refractivity contribution >= 4 is 17.5 Å². The Labute approximate surface area is 146 Å². The molecule has 0 atom stereocenters. The molecule has 1 aliphatic rings. The van der Waals surface area contributed by atoms with Gasteiger partial charge in [0.05, 0.1) is 5.69 Å². The normalized spacial score (nSPS) is 14.5. The molecule has 1 heterocycles. The molecule has 8 heteroatoms. The van der Waals surface area contributed by atoms with Gasteiger partial charge in [-0.05, 0) is 48.2 Å². The number of hydrogen-bond acceptors (Lipinski definition) is 5. The van der Waals surface area contributed by atoms with Crippen LogP contribution in [-0.4, -0.2) is 51.0 Å². The highest BCUT2D eigenvalue weighted by molar-refractivity contribution is 5.91. The van der Waals surface area contributed by atoms with Crippen LogP contribution in [-0.2, 0) is 4.79 Å². The van der Waals surface area contributed by atoms with Crippen molar-refractivity contribution in [3.05, 3.63) is 30.1 Å². The molecular formula is C17H22N6O2. The zero-order valence-corrected chi connectivity index (χ0v) is 14.5. The van der Waals surface area contributed by atoms with Crippen molar-refractivity contribution in [2.45, 2.75) is 32.1 Å². The Balaban J connectivity index is 1.62. The van der Waals surface area contributed by atoms with E-state index in [1.807, 2.05) is 0 Å². The van der Waals surface area contributed by atoms with Crippen molar-refractivity contribution in [1.82, 2.24) is 25.1 Å². The number of rotatable bonds is 5. The number of carbonyl (C=O) groups is 2. The molecule has 1 aromatic heterocycles. The van der Waals surface area contributed by atoms with Crippen LogP contribution < -0.4 is 5.32 Å². The lowest BCUT2D eigenvalue weighted by atomic mass is 10.0. The zero-order chi connectivity index (χ0) is 17.8. The van der Waals surface area contributed by atoms with Crippen LogP contribution in [0.3, 0.4) is 0 Å². The van der Waals surface area contributed by atoms with Crippen LogP contribution >= 0.6 is 0 Å². The molecule has 0 spiro atoms. The van der Waals surface area contributed by atoms with Gasteiger partial charge in [0.15, 0.2) is 0 Å². The molecule has 2 amide bonds. The number of aromatic nitrogens is 4. The van der Waals surface area contributed by atoms with Crippen LogP contribution in [0.2, 0.25) is 0 Å². The third-order valence-electron chi connectivity index (χ3n) is 4.34. The van der Waals surface area contributed by atoms with Gasteiger partial charge in [-0.2, -0.15) is 0 Å². The standard InChI is InChI=1S/C17H22N6O2/c1-22(2)17(25)16-19-21-23(20-16)14-9-7-13(8-10-14)18-15(24)11-12-5-3-4-6-12/h7-10,12H,3-6,11H2,1-2H3,(H,18,24). The van der Waals surface area contributed by atoms with Gasteiger partial charge in [0.1, 0.15) is 0 Å². The van der Waals surface area contributed by atoms with E-state index in [-0.39, 0.29) is 17.6 Å². The second-order valence-corrected chi connectivity index (χ2v) is 6.55. The summed E-state index contributed by atoms with van der Waals surface area (Å²) in [5, 5.41) is 14.6. The number of hydrogen-bond donors (Lipinski definition) is 1. The fourth-order valence-electron chi connectivity index (χ4n) is 2.98. The van der Waals surface area contributed by atoms with Crippen LogP contribution in [0.4, 0.5) is 5.69 Å². The molecule has 2 aromatic rings. The molecule has 0 aliphatic heterocycles. The molecular weight excluding hydrogens is 320 g/mol. The van der Waals surface area contributed by atoms with Crippen molar-refractivity contribution < 1.29 is 9.59 Å². The van der Waals surface area contributed by atoms with E-state index in [0.717, 1.165) is 18.5 Å². The summed E-state index contributed by atoms with van der Waals surface area (Å²) in [5.74, 6) is 0.310. The molecule has 3 rings (SSSR count). The van der Waals surface area contributed by atoms with Crippen LogP contribution in [0.25, 0.3) is 5.69 Å². The largest absolute Gasteiger partial charge is 0.342 e. The molecule has 0 bridgehead atoms. The van der Waals surface area contributed by atoms with E-state index < -0.39 is 0 Å².